The van der Waals surface area contributed by atoms with Crippen molar-refractivity contribution < 1.29 is 19.5 Å². The van der Waals surface area contributed by atoms with Crippen molar-refractivity contribution in [2.24, 2.45) is 0 Å². The van der Waals surface area contributed by atoms with E-state index in [-0.39, 0.29) is 24.4 Å². The summed E-state index contributed by atoms with van der Waals surface area (Å²) in [4.78, 5) is 48.2. The lowest BCUT2D eigenvalue weighted by Gasteiger charge is -2.43. The normalized spacial score (nSPS) is 21.7. The van der Waals surface area contributed by atoms with Crippen molar-refractivity contribution in [1.82, 2.24) is 24.9 Å². The summed E-state index contributed by atoms with van der Waals surface area (Å²) in [7, 11) is 0. The van der Waals surface area contributed by atoms with Crippen molar-refractivity contribution in [3.05, 3.63) is 58.6 Å². The van der Waals surface area contributed by atoms with E-state index < -0.39 is 18.3 Å². The number of hydrogen-bond acceptors (Lipinski definition) is 6. The summed E-state index contributed by atoms with van der Waals surface area (Å²) in [6, 6.07) is 14.2. The Morgan fingerprint density at radius 3 is 2.37 bits per heavy atom. The van der Waals surface area contributed by atoms with E-state index in [0.29, 0.717) is 57.3 Å². The largest absolute Gasteiger partial charge is 0.378 e. The number of fused-ring (bicyclic) bond motifs is 1. The van der Waals surface area contributed by atoms with E-state index in [4.69, 9.17) is 0 Å². The van der Waals surface area contributed by atoms with E-state index in [1.165, 1.54) is 19.3 Å². The molecule has 46 heavy (non-hydrogen) atoms. The predicted octanol–water partition coefficient (Wildman–Crippen LogP) is 4.64. The van der Waals surface area contributed by atoms with E-state index in [9.17, 15) is 19.5 Å². The number of anilines is 2. The molecule has 2 aromatic rings. The summed E-state index contributed by atoms with van der Waals surface area (Å²) in [5, 5.41) is 20.1. The molecule has 12 heteroatoms. The number of rotatable bonds is 8. The molecule has 1 unspecified atom stereocenters. The first-order valence-corrected chi connectivity index (χ1v) is 17.6. The number of nitrogens with zero attached hydrogens (tertiary/aromatic N) is 4. The van der Waals surface area contributed by atoms with Gasteiger partial charge in [0.2, 0.25) is 5.91 Å². The van der Waals surface area contributed by atoms with Gasteiger partial charge in [0.05, 0.1) is 0 Å². The van der Waals surface area contributed by atoms with Gasteiger partial charge in [-0.1, -0.05) is 46.6 Å². The van der Waals surface area contributed by atoms with Crippen LogP contribution < -0.4 is 16.0 Å². The molecule has 0 bridgehead atoms. The first-order chi connectivity index (χ1) is 22.3. The number of halogens is 1. The Morgan fingerprint density at radius 1 is 0.913 bits per heavy atom. The fourth-order valence-corrected chi connectivity index (χ4v) is 7.84. The van der Waals surface area contributed by atoms with Gasteiger partial charge in [0.25, 0.3) is 0 Å². The number of benzene rings is 2. The van der Waals surface area contributed by atoms with Crippen LogP contribution in [0.4, 0.5) is 21.0 Å². The van der Waals surface area contributed by atoms with E-state index in [1.54, 1.807) is 12.1 Å². The second-order valence-corrected chi connectivity index (χ2v) is 13.9. The molecule has 0 radical (unpaired) electrons. The Hall–Kier alpha value is -3.19. The van der Waals surface area contributed by atoms with E-state index >= 15 is 0 Å². The van der Waals surface area contributed by atoms with Crippen LogP contribution in [0.25, 0.3) is 0 Å². The van der Waals surface area contributed by atoms with Crippen LogP contribution in [0.1, 0.15) is 56.9 Å². The number of aliphatic hydroxyl groups is 1. The average molecular weight is 697 g/mol. The second kappa shape index (κ2) is 15.1. The van der Waals surface area contributed by atoms with Gasteiger partial charge in [-0.15, -0.1) is 0 Å². The lowest BCUT2D eigenvalue weighted by Crippen LogP contribution is -2.56. The zero-order valence-electron chi connectivity index (χ0n) is 26.4. The van der Waals surface area contributed by atoms with Crippen LogP contribution >= 0.6 is 15.9 Å². The Kier molecular flexibility index (Phi) is 10.8. The smallest absolute Gasteiger partial charge is 0.322 e. The van der Waals surface area contributed by atoms with Crippen LogP contribution in [-0.2, 0) is 11.3 Å². The monoisotopic (exact) mass is 695 g/mol. The minimum Gasteiger partial charge on any atom is -0.378 e. The van der Waals surface area contributed by atoms with Gasteiger partial charge in [-0.05, 0) is 81.4 Å². The van der Waals surface area contributed by atoms with Gasteiger partial charge >= 0.3 is 12.1 Å². The van der Waals surface area contributed by atoms with Gasteiger partial charge < -0.3 is 35.8 Å². The summed E-state index contributed by atoms with van der Waals surface area (Å²) in [6.45, 7) is 5.31. The second-order valence-electron chi connectivity index (χ2n) is 13.0. The minimum absolute atomic E-state index is 0.0598. The average Bonchev–Trinajstić information content (AvgIpc) is 3.08. The molecule has 3 saturated heterocycles. The first kappa shape index (κ1) is 32.7. The molecule has 0 aromatic heterocycles. The molecule has 3 fully saturated rings. The number of amides is 5. The molecule has 4 aliphatic rings. The molecular formula is C34H46BrN7O4. The molecular weight excluding hydrogens is 650 g/mol. The molecule has 11 nitrogen and oxygen atoms in total. The number of likely N-dealkylation sites (tertiary alicyclic amines) is 3. The fourth-order valence-electron chi connectivity index (χ4n) is 7.44. The van der Waals surface area contributed by atoms with Gasteiger partial charge in [0, 0.05) is 67.1 Å². The van der Waals surface area contributed by atoms with Crippen molar-refractivity contribution in [1.29, 1.82) is 0 Å². The van der Waals surface area contributed by atoms with Crippen molar-refractivity contribution in [2.45, 2.75) is 82.3 Å². The van der Waals surface area contributed by atoms with Gasteiger partial charge in [-0.3, -0.25) is 9.69 Å². The number of para-hydroxylation sites is 1. The number of hydrogen-bond donors (Lipinski definition) is 4. The van der Waals surface area contributed by atoms with E-state index in [1.807, 2.05) is 51.1 Å². The highest BCUT2D eigenvalue weighted by Crippen LogP contribution is 2.29. The van der Waals surface area contributed by atoms with Crippen molar-refractivity contribution in [3.63, 3.8) is 0 Å². The third-order valence-corrected chi connectivity index (χ3v) is 10.5. The molecule has 6 rings (SSSR count). The van der Waals surface area contributed by atoms with Crippen molar-refractivity contribution in [2.75, 3.05) is 49.9 Å². The molecule has 4 N–H and O–H groups in total. The van der Waals surface area contributed by atoms with Crippen molar-refractivity contribution in [3.8, 4) is 0 Å². The topological polar surface area (TPSA) is 120 Å². The summed E-state index contributed by atoms with van der Waals surface area (Å²) in [6.07, 6.45) is 6.23. The molecule has 0 saturated carbocycles. The quantitative estimate of drug-likeness (QED) is 0.320. The van der Waals surface area contributed by atoms with Crippen molar-refractivity contribution >= 4 is 45.3 Å². The fraction of sp³-hybridized carbons (Fsp3) is 0.559. The Morgan fingerprint density at radius 2 is 1.63 bits per heavy atom. The number of carbonyl (C=O) groups excluding carboxylic acids is 3. The van der Waals surface area contributed by atoms with Crippen LogP contribution in [0.3, 0.4) is 0 Å². The molecule has 5 amide bonds. The summed E-state index contributed by atoms with van der Waals surface area (Å²) in [5.74, 6) is -0.154. The third-order valence-electron chi connectivity index (χ3n) is 10.0. The highest BCUT2D eigenvalue weighted by Gasteiger charge is 2.36. The van der Waals surface area contributed by atoms with Crippen LogP contribution in [0, 0.1) is 0 Å². The molecule has 0 aliphatic carbocycles. The zero-order valence-corrected chi connectivity index (χ0v) is 28.0. The highest BCUT2D eigenvalue weighted by molar-refractivity contribution is 9.10. The molecule has 2 atom stereocenters. The summed E-state index contributed by atoms with van der Waals surface area (Å²) >= 11 is 3.43. The molecule has 4 heterocycles. The van der Waals surface area contributed by atoms with Gasteiger partial charge in [-0.2, -0.15) is 0 Å². The standard InChI is InChI=1S/C34H46BrN7O4/c35-25-8-6-9-26(21-25)36-33(45)37-30(32(44)41-19-11-27(12-20-41)39-15-4-1-5-16-39)22-31(43)40-17-13-28(14-18-40)42-23-24-7-2-3-10-29(24)38-34(42)46/h2-3,6-10,21,27-28,30-31,43H,1,4-5,11-20,22-23H2,(H,38,46)(H2,36,37,45)/t30-,31?/m0/s1. The zero-order chi connectivity index (χ0) is 32.0. The van der Waals surface area contributed by atoms with Gasteiger partial charge in [0.1, 0.15) is 12.3 Å². The van der Waals surface area contributed by atoms with Gasteiger partial charge in [-0.25, -0.2) is 9.59 Å². The molecule has 0 spiro atoms. The maximum Gasteiger partial charge on any atom is 0.322 e. The van der Waals surface area contributed by atoms with Crippen LogP contribution in [0.2, 0.25) is 0 Å². The maximum absolute atomic E-state index is 13.9. The number of urea groups is 2. The SMILES string of the molecule is O=C(Nc1cccc(Br)c1)N[C@@H](CC(O)N1CCC(N2Cc3ccccc3NC2=O)CC1)C(=O)N1CCC(N2CCCCC2)CC1. The summed E-state index contributed by atoms with van der Waals surface area (Å²) < 4.78 is 0.833. The molecule has 2 aromatic carbocycles. The first-order valence-electron chi connectivity index (χ1n) is 16.8. The number of carbonyl (C=O) groups is 3. The highest BCUT2D eigenvalue weighted by atomic mass is 79.9. The molecule has 4 aliphatic heterocycles. The van der Waals surface area contributed by atoms with Crippen LogP contribution in [0.15, 0.2) is 53.0 Å². The number of nitrogens with one attached hydrogen (secondary N) is 3. The van der Waals surface area contributed by atoms with E-state index in [0.717, 1.165) is 41.7 Å². The third kappa shape index (κ3) is 8.02. The van der Waals surface area contributed by atoms with E-state index in [2.05, 4.69) is 36.8 Å². The maximum atomic E-state index is 13.9. The Balaban J connectivity index is 1.07. The summed E-state index contributed by atoms with van der Waals surface area (Å²) in [5.41, 5.74) is 2.56. The van der Waals surface area contributed by atoms with Gasteiger partial charge in [0.15, 0.2) is 0 Å². The number of piperidine rings is 3. The Labute approximate surface area is 279 Å². The number of aliphatic hydroxyl groups excluding tert-OH is 1. The lowest BCUT2D eigenvalue weighted by atomic mass is 9.98. The Bertz CT molecular complexity index is 1370. The van der Waals surface area contributed by atoms with Crippen LogP contribution in [0.5, 0.6) is 0 Å². The molecule has 248 valence electrons. The minimum atomic E-state index is -0.914. The lowest BCUT2D eigenvalue weighted by molar-refractivity contribution is -0.137. The predicted molar refractivity (Wildman–Crippen MR) is 181 cm³/mol. The van der Waals surface area contributed by atoms with Crippen LogP contribution in [-0.4, -0.2) is 106 Å².